The highest BCUT2D eigenvalue weighted by molar-refractivity contribution is 9.09. The molecule has 1 unspecified atom stereocenters. The van der Waals surface area contributed by atoms with Crippen molar-refractivity contribution in [3.05, 3.63) is 50.7 Å². The van der Waals surface area contributed by atoms with E-state index in [1.807, 2.05) is 17.4 Å². The van der Waals surface area contributed by atoms with Crippen LogP contribution in [0.1, 0.15) is 31.3 Å². The molecular weight excluding hydrogens is 308 g/mol. The molecular formula is C15H17BrOS. The second kappa shape index (κ2) is 5.45. The summed E-state index contributed by atoms with van der Waals surface area (Å²) in [4.78, 5) is 2.90. The zero-order chi connectivity index (χ0) is 13.3. The highest BCUT2D eigenvalue weighted by Crippen LogP contribution is 2.41. The lowest BCUT2D eigenvalue weighted by Gasteiger charge is -2.15. The third-order valence-electron chi connectivity index (χ3n) is 2.97. The molecule has 1 aromatic heterocycles. The summed E-state index contributed by atoms with van der Waals surface area (Å²) < 4.78 is 5.46. The summed E-state index contributed by atoms with van der Waals surface area (Å²) in [6.45, 7) is 6.42. The Morgan fingerprint density at radius 2 is 1.89 bits per heavy atom. The number of aryl methyl sites for hydroxylation is 3. The van der Waals surface area contributed by atoms with E-state index in [-0.39, 0.29) is 4.83 Å². The molecule has 1 nitrogen and oxygen atoms in total. The molecule has 2 aromatic rings. The molecule has 0 fully saturated rings. The van der Waals surface area contributed by atoms with Gasteiger partial charge in [0.1, 0.15) is 5.75 Å². The van der Waals surface area contributed by atoms with Crippen LogP contribution in [0.25, 0.3) is 0 Å². The van der Waals surface area contributed by atoms with Crippen molar-refractivity contribution in [3.8, 4) is 5.75 Å². The Morgan fingerprint density at radius 1 is 1.17 bits per heavy atom. The number of methoxy groups -OCH3 is 1. The Morgan fingerprint density at radius 3 is 2.44 bits per heavy atom. The Balaban J connectivity index is 2.48. The molecule has 0 bridgehead atoms. The summed E-state index contributed by atoms with van der Waals surface area (Å²) in [7, 11) is 1.72. The minimum atomic E-state index is 0.200. The van der Waals surface area contributed by atoms with Crippen LogP contribution in [0.5, 0.6) is 5.75 Å². The summed E-state index contributed by atoms with van der Waals surface area (Å²) >= 11 is 5.65. The maximum atomic E-state index is 5.46. The summed E-state index contributed by atoms with van der Waals surface area (Å²) in [6, 6.07) is 8.53. The van der Waals surface area contributed by atoms with Gasteiger partial charge in [-0.15, -0.1) is 11.3 Å². The molecule has 3 heteroatoms. The van der Waals surface area contributed by atoms with E-state index in [9.17, 15) is 0 Å². The van der Waals surface area contributed by atoms with Gasteiger partial charge < -0.3 is 4.74 Å². The van der Waals surface area contributed by atoms with E-state index in [1.54, 1.807) is 7.11 Å². The van der Waals surface area contributed by atoms with Crippen LogP contribution in [0, 0.1) is 20.8 Å². The molecule has 18 heavy (non-hydrogen) atoms. The molecule has 1 heterocycles. The number of thiophene rings is 1. The maximum absolute atomic E-state index is 5.46. The van der Waals surface area contributed by atoms with E-state index in [0.29, 0.717) is 0 Å². The normalized spacial score (nSPS) is 12.5. The fourth-order valence-electron chi connectivity index (χ4n) is 2.10. The molecule has 0 saturated heterocycles. The fraction of sp³-hybridized carbons (Fsp3) is 0.333. The second-order valence-corrected chi connectivity index (χ2v) is 6.72. The number of hydrogen-bond donors (Lipinski definition) is 0. The summed E-state index contributed by atoms with van der Waals surface area (Å²) in [5, 5.41) is 0. The average molecular weight is 325 g/mol. The minimum Gasteiger partial charge on any atom is -0.496 e. The number of alkyl halides is 1. The van der Waals surface area contributed by atoms with Gasteiger partial charge in [0.25, 0.3) is 0 Å². The number of benzene rings is 1. The molecule has 0 N–H and O–H groups in total. The molecule has 0 aliphatic carbocycles. The van der Waals surface area contributed by atoms with Crippen molar-refractivity contribution < 1.29 is 4.74 Å². The van der Waals surface area contributed by atoms with Crippen molar-refractivity contribution in [1.82, 2.24) is 0 Å². The lowest BCUT2D eigenvalue weighted by molar-refractivity contribution is 0.410. The minimum absolute atomic E-state index is 0.200. The van der Waals surface area contributed by atoms with Gasteiger partial charge in [0.15, 0.2) is 0 Å². The lowest BCUT2D eigenvalue weighted by Crippen LogP contribution is -1.97. The summed E-state index contributed by atoms with van der Waals surface area (Å²) in [5.41, 5.74) is 3.78. The molecule has 0 aliphatic rings. The lowest BCUT2D eigenvalue weighted by atomic mass is 10.0. The topological polar surface area (TPSA) is 9.23 Å². The number of ether oxygens (including phenoxy) is 1. The standard InChI is InChI=1S/C15H17BrOS/c1-9-5-6-13(17-4)12(7-9)14(16)15-10(2)8-11(3)18-15/h5-8,14H,1-4H3. The SMILES string of the molecule is COc1ccc(C)cc1C(Br)c1sc(C)cc1C. The molecule has 96 valence electrons. The molecule has 2 rings (SSSR count). The van der Waals surface area contributed by atoms with Crippen LogP contribution < -0.4 is 4.74 Å². The van der Waals surface area contributed by atoms with E-state index in [1.165, 1.54) is 26.4 Å². The zero-order valence-electron chi connectivity index (χ0n) is 11.1. The van der Waals surface area contributed by atoms with Crippen molar-refractivity contribution in [2.45, 2.75) is 25.6 Å². The van der Waals surface area contributed by atoms with Gasteiger partial charge in [-0.1, -0.05) is 33.6 Å². The summed E-state index contributed by atoms with van der Waals surface area (Å²) in [6.07, 6.45) is 0. The highest BCUT2D eigenvalue weighted by Gasteiger charge is 2.19. The van der Waals surface area contributed by atoms with Gasteiger partial charge in [-0.2, -0.15) is 0 Å². The Hall–Kier alpha value is -0.800. The molecule has 0 amide bonds. The van der Waals surface area contributed by atoms with Crippen molar-refractivity contribution in [2.24, 2.45) is 0 Å². The van der Waals surface area contributed by atoms with E-state index < -0.39 is 0 Å². The van der Waals surface area contributed by atoms with Gasteiger partial charge in [0, 0.05) is 15.3 Å². The zero-order valence-corrected chi connectivity index (χ0v) is 13.5. The van der Waals surface area contributed by atoms with Crippen LogP contribution in [0.4, 0.5) is 0 Å². The van der Waals surface area contributed by atoms with Crippen LogP contribution in [0.15, 0.2) is 24.3 Å². The van der Waals surface area contributed by atoms with Crippen molar-refractivity contribution >= 4 is 27.3 Å². The Bertz CT molecular complexity index is 560. The predicted octanol–water partition coefficient (Wildman–Crippen LogP) is 5.17. The van der Waals surface area contributed by atoms with Gasteiger partial charge in [-0.3, -0.25) is 0 Å². The van der Waals surface area contributed by atoms with Crippen LogP contribution in [0.3, 0.4) is 0 Å². The molecule has 1 aromatic carbocycles. The number of halogens is 1. The Kier molecular flexibility index (Phi) is 4.13. The fourth-order valence-corrected chi connectivity index (χ4v) is 4.14. The smallest absolute Gasteiger partial charge is 0.123 e. The van der Waals surface area contributed by atoms with Crippen molar-refractivity contribution in [3.63, 3.8) is 0 Å². The third kappa shape index (κ3) is 2.62. The first-order valence-corrected chi connectivity index (χ1v) is 7.61. The first-order valence-electron chi connectivity index (χ1n) is 5.88. The largest absolute Gasteiger partial charge is 0.496 e. The average Bonchev–Trinajstić information content (AvgIpc) is 2.67. The van der Waals surface area contributed by atoms with Gasteiger partial charge in [-0.05, 0) is 38.5 Å². The predicted molar refractivity (Wildman–Crippen MR) is 82.3 cm³/mol. The van der Waals surface area contributed by atoms with Gasteiger partial charge >= 0.3 is 0 Å². The first-order chi connectivity index (χ1) is 8.52. The monoisotopic (exact) mass is 324 g/mol. The molecule has 0 aliphatic heterocycles. The second-order valence-electron chi connectivity index (χ2n) is 4.51. The van der Waals surface area contributed by atoms with Crippen LogP contribution in [-0.4, -0.2) is 7.11 Å². The van der Waals surface area contributed by atoms with Gasteiger partial charge in [0.2, 0.25) is 0 Å². The summed E-state index contributed by atoms with van der Waals surface area (Å²) in [5.74, 6) is 0.938. The number of hydrogen-bond acceptors (Lipinski definition) is 2. The third-order valence-corrected chi connectivity index (χ3v) is 5.44. The van der Waals surface area contributed by atoms with Crippen LogP contribution in [0.2, 0.25) is 0 Å². The van der Waals surface area contributed by atoms with E-state index in [0.717, 1.165) is 5.75 Å². The van der Waals surface area contributed by atoms with E-state index in [2.05, 4.69) is 54.9 Å². The molecule has 0 radical (unpaired) electrons. The van der Waals surface area contributed by atoms with Gasteiger partial charge in [-0.25, -0.2) is 0 Å². The quantitative estimate of drug-likeness (QED) is 0.708. The molecule has 0 saturated carbocycles. The molecule has 0 spiro atoms. The van der Waals surface area contributed by atoms with E-state index >= 15 is 0 Å². The van der Waals surface area contributed by atoms with Gasteiger partial charge in [0.05, 0.1) is 11.9 Å². The molecule has 1 atom stereocenters. The van der Waals surface area contributed by atoms with Crippen LogP contribution in [-0.2, 0) is 0 Å². The number of rotatable bonds is 3. The van der Waals surface area contributed by atoms with Crippen molar-refractivity contribution in [2.75, 3.05) is 7.11 Å². The first kappa shape index (κ1) is 13.6. The highest BCUT2D eigenvalue weighted by atomic mass is 79.9. The maximum Gasteiger partial charge on any atom is 0.123 e. The Labute approximate surface area is 121 Å². The van der Waals surface area contributed by atoms with Crippen molar-refractivity contribution in [1.29, 1.82) is 0 Å². The van der Waals surface area contributed by atoms with E-state index in [4.69, 9.17) is 4.74 Å². The van der Waals surface area contributed by atoms with Crippen LogP contribution >= 0.6 is 27.3 Å².